The number of benzene rings is 1. The van der Waals surface area contributed by atoms with Crippen molar-refractivity contribution in [2.75, 3.05) is 34.2 Å². The van der Waals surface area contributed by atoms with E-state index in [0.717, 1.165) is 0 Å². The van der Waals surface area contributed by atoms with Gasteiger partial charge in [-0.15, -0.1) is 0 Å². The Balaban J connectivity index is 2.02. The minimum atomic E-state index is 0.390. The molecule has 112 valence electrons. The zero-order valence-electron chi connectivity index (χ0n) is 13.3. The van der Waals surface area contributed by atoms with Gasteiger partial charge in [-0.25, -0.2) is 0 Å². The zero-order chi connectivity index (χ0) is 14.5. The fraction of sp³-hybridized carbons (Fsp3) is 0.647. The van der Waals surface area contributed by atoms with Crippen LogP contribution >= 0.6 is 0 Å². The van der Waals surface area contributed by atoms with Gasteiger partial charge < -0.3 is 10.2 Å². The fourth-order valence-corrected chi connectivity index (χ4v) is 3.32. The molecule has 0 spiro atoms. The molecule has 2 rings (SSSR count). The Hall–Kier alpha value is -0.900. The van der Waals surface area contributed by atoms with Crippen LogP contribution in [0.5, 0.6) is 0 Å². The van der Waals surface area contributed by atoms with E-state index in [9.17, 15) is 0 Å². The van der Waals surface area contributed by atoms with E-state index in [1.54, 1.807) is 0 Å². The molecule has 2 unspecified atom stereocenters. The molecular weight excluding hydrogens is 246 g/mol. The van der Waals surface area contributed by atoms with Gasteiger partial charge >= 0.3 is 0 Å². The molecular formula is C17H29N3. The Morgan fingerprint density at radius 3 is 2.35 bits per heavy atom. The van der Waals surface area contributed by atoms with Gasteiger partial charge in [0.2, 0.25) is 0 Å². The molecule has 1 aliphatic rings. The summed E-state index contributed by atoms with van der Waals surface area (Å²) >= 11 is 0. The normalized spacial score (nSPS) is 21.1. The lowest BCUT2D eigenvalue weighted by molar-refractivity contribution is 0.0968. The molecule has 0 aromatic heterocycles. The Labute approximate surface area is 124 Å². The maximum absolute atomic E-state index is 3.49. The van der Waals surface area contributed by atoms with Gasteiger partial charge in [-0.1, -0.05) is 30.3 Å². The average molecular weight is 275 g/mol. The van der Waals surface area contributed by atoms with Crippen LogP contribution in [0.3, 0.4) is 0 Å². The monoisotopic (exact) mass is 275 g/mol. The highest BCUT2D eigenvalue weighted by Crippen LogP contribution is 2.24. The molecule has 1 aliphatic heterocycles. The lowest BCUT2D eigenvalue weighted by Crippen LogP contribution is -2.49. The van der Waals surface area contributed by atoms with Crippen LogP contribution in [0.25, 0.3) is 0 Å². The van der Waals surface area contributed by atoms with Gasteiger partial charge in [-0.05, 0) is 59.6 Å². The zero-order valence-corrected chi connectivity index (χ0v) is 13.3. The summed E-state index contributed by atoms with van der Waals surface area (Å²) in [6.07, 6.45) is 2.56. The minimum Gasteiger partial charge on any atom is -0.312 e. The summed E-state index contributed by atoms with van der Waals surface area (Å²) in [5, 5.41) is 3.49. The third-order valence-corrected chi connectivity index (χ3v) is 4.86. The Morgan fingerprint density at radius 2 is 1.80 bits per heavy atom. The molecule has 0 saturated carbocycles. The van der Waals surface area contributed by atoms with Crippen LogP contribution in [-0.4, -0.2) is 56.1 Å². The van der Waals surface area contributed by atoms with Gasteiger partial charge in [-0.3, -0.25) is 4.90 Å². The highest BCUT2D eigenvalue weighted by atomic mass is 15.2. The molecule has 1 saturated heterocycles. The topological polar surface area (TPSA) is 18.5 Å². The van der Waals surface area contributed by atoms with E-state index in [4.69, 9.17) is 0 Å². The fourth-order valence-electron chi connectivity index (χ4n) is 3.32. The molecule has 3 heteroatoms. The van der Waals surface area contributed by atoms with Crippen molar-refractivity contribution in [3.63, 3.8) is 0 Å². The highest BCUT2D eigenvalue weighted by Gasteiger charge is 2.28. The van der Waals surface area contributed by atoms with E-state index < -0.39 is 0 Å². The maximum Gasteiger partial charge on any atom is 0.0472 e. The summed E-state index contributed by atoms with van der Waals surface area (Å²) in [6, 6.07) is 12.4. The van der Waals surface area contributed by atoms with Crippen LogP contribution in [0.2, 0.25) is 0 Å². The van der Waals surface area contributed by atoms with Gasteiger partial charge in [-0.2, -0.15) is 0 Å². The molecule has 1 N–H and O–H groups in total. The van der Waals surface area contributed by atoms with Crippen LogP contribution in [-0.2, 0) is 0 Å². The lowest BCUT2D eigenvalue weighted by atomic mass is 9.96. The second-order valence-corrected chi connectivity index (χ2v) is 6.12. The number of likely N-dealkylation sites (tertiary alicyclic amines) is 1. The third-order valence-electron chi connectivity index (χ3n) is 4.86. The maximum atomic E-state index is 3.49. The number of nitrogens with zero attached hydrogens (tertiary/aromatic N) is 2. The molecule has 1 aromatic rings. The van der Waals surface area contributed by atoms with Gasteiger partial charge in [0.1, 0.15) is 0 Å². The van der Waals surface area contributed by atoms with E-state index in [2.05, 4.69) is 73.5 Å². The summed E-state index contributed by atoms with van der Waals surface area (Å²) in [4.78, 5) is 5.00. The highest BCUT2D eigenvalue weighted by molar-refractivity contribution is 5.20. The van der Waals surface area contributed by atoms with Gasteiger partial charge in [0.25, 0.3) is 0 Å². The van der Waals surface area contributed by atoms with E-state index in [1.165, 1.54) is 31.5 Å². The van der Waals surface area contributed by atoms with Gasteiger partial charge in [0.05, 0.1) is 0 Å². The second-order valence-electron chi connectivity index (χ2n) is 6.12. The van der Waals surface area contributed by atoms with E-state index in [0.29, 0.717) is 18.1 Å². The molecule has 0 aliphatic carbocycles. The largest absolute Gasteiger partial charge is 0.312 e. The first-order chi connectivity index (χ1) is 9.63. The van der Waals surface area contributed by atoms with E-state index in [1.807, 2.05) is 0 Å². The van der Waals surface area contributed by atoms with Crippen molar-refractivity contribution in [1.29, 1.82) is 0 Å². The quantitative estimate of drug-likeness (QED) is 0.890. The van der Waals surface area contributed by atoms with Gasteiger partial charge in [0, 0.05) is 18.1 Å². The van der Waals surface area contributed by atoms with Crippen molar-refractivity contribution < 1.29 is 0 Å². The first-order valence-corrected chi connectivity index (χ1v) is 7.76. The number of rotatable bonds is 5. The number of hydrogen-bond donors (Lipinski definition) is 1. The summed E-state index contributed by atoms with van der Waals surface area (Å²) in [5.74, 6) is 0. The standard InChI is InChI=1S/C17H29N3/c1-14(17(18-2)15-8-6-5-7-9-15)20(4)16-10-12-19(3)13-11-16/h5-9,14,16-18H,10-13H2,1-4H3. The van der Waals surface area contributed by atoms with Crippen molar-refractivity contribution in [3.8, 4) is 0 Å². The predicted octanol–water partition coefficient (Wildman–Crippen LogP) is 2.36. The van der Waals surface area contributed by atoms with Crippen molar-refractivity contribution in [3.05, 3.63) is 35.9 Å². The lowest BCUT2D eigenvalue weighted by Gasteiger charge is -2.41. The summed E-state index contributed by atoms with van der Waals surface area (Å²) in [6.45, 7) is 4.78. The molecule has 0 bridgehead atoms. The number of nitrogens with one attached hydrogen (secondary N) is 1. The van der Waals surface area contributed by atoms with Crippen molar-refractivity contribution in [2.45, 2.75) is 37.9 Å². The molecule has 3 nitrogen and oxygen atoms in total. The van der Waals surface area contributed by atoms with Crippen LogP contribution < -0.4 is 5.32 Å². The molecule has 1 aromatic carbocycles. The Bertz CT molecular complexity index is 384. The number of hydrogen-bond acceptors (Lipinski definition) is 3. The molecule has 0 amide bonds. The molecule has 2 atom stereocenters. The molecule has 1 fully saturated rings. The van der Waals surface area contributed by atoms with E-state index >= 15 is 0 Å². The van der Waals surface area contributed by atoms with Crippen molar-refractivity contribution >= 4 is 0 Å². The Kier molecular flexibility index (Phi) is 5.58. The number of likely N-dealkylation sites (N-methyl/N-ethyl adjacent to an activating group) is 2. The summed E-state index contributed by atoms with van der Waals surface area (Å²) < 4.78 is 0. The summed E-state index contributed by atoms with van der Waals surface area (Å²) in [5.41, 5.74) is 1.38. The van der Waals surface area contributed by atoms with Crippen LogP contribution in [0.1, 0.15) is 31.4 Å². The average Bonchev–Trinajstić information content (AvgIpc) is 2.49. The van der Waals surface area contributed by atoms with Crippen molar-refractivity contribution in [1.82, 2.24) is 15.1 Å². The third kappa shape index (κ3) is 3.60. The van der Waals surface area contributed by atoms with Crippen LogP contribution in [0, 0.1) is 0 Å². The van der Waals surface area contributed by atoms with Crippen molar-refractivity contribution in [2.24, 2.45) is 0 Å². The first-order valence-electron chi connectivity index (χ1n) is 7.76. The minimum absolute atomic E-state index is 0.390. The smallest absolute Gasteiger partial charge is 0.0472 e. The Morgan fingerprint density at radius 1 is 1.20 bits per heavy atom. The first kappa shape index (κ1) is 15.5. The van der Waals surface area contributed by atoms with E-state index in [-0.39, 0.29) is 0 Å². The molecule has 20 heavy (non-hydrogen) atoms. The SMILES string of the molecule is CNC(c1ccccc1)C(C)N(C)C1CCN(C)CC1. The number of piperidine rings is 1. The molecule has 1 heterocycles. The molecule has 0 radical (unpaired) electrons. The summed E-state index contributed by atoms with van der Waals surface area (Å²) in [7, 11) is 6.57. The van der Waals surface area contributed by atoms with Crippen LogP contribution in [0.15, 0.2) is 30.3 Å². The van der Waals surface area contributed by atoms with Crippen LogP contribution in [0.4, 0.5) is 0 Å². The van der Waals surface area contributed by atoms with Gasteiger partial charge in [0.15, 0.2) is 0 Å². The predicted molar refractivity (Wildman–Crippen MR) is 86.0 cm³/mol. The second kappa shape index (κ2) is 7.21.